The molecule has 19 heavy (non-hydrogen) atoms. The van der Waals surface area contributed by atoms with E-state index in [4.69, 9.17) is 0 Å². The highest BCUT2D eigenvalue weighted by Crippen LogP contribution is 2.15. The quantitative estimate of drug-likeness (QED) is 0.903. The van der Waals surface area contributed by atoms with E-state index in [9.17, 15) is 8.78 Å². The fraction of sp³-hybridized carbons (Fsp3) is 0.385. The van der Waals surface area contributed by atoms with Crippen molar-refractivity contribution < 1.29 is 8.78 Å². The Hall–Kier alpha value is -1.82. The van der Waals surface area contributed by atoms with Gasteiger partial charge in [0, 0.05) is 12.6 Å². The average molecular weight is 266 g/mol. The Morgan fingerprint density at radius 1 is 1.32 bits per heavy atom. The number of nitrogens with one attached hydrogen (secondary N) is 1. The predicted molar refractivity (Wildman–Crippen MR) is 67.8 cm³/mol. The van der Waals surface area contributed by atoms with E-state index in [-0.39, 0.29) is 5.69 Å². The molecule has 1 N–H and O–H groups in total. The summed E-state index contributed by atoms with van der Waals surface area (Å²) < 4.78 is 28.2. The largest absolute Gasteiger partial charge is 0.311 e. The SMILES string of the molecule is CC(C)CNCc1cnnn1-c1cc(F)ccc1F. The van der Waals surface area contributed by atoms with Gasteiger partial charge in [-0.1, -0.05) is 19.1 Å². The lowest BCUT2D eigenvalue weighted by Gasteiger charge is -2.09. The molecule has 0 radical (unpaired) electrons. The monoisotopic (exact) mass is 266 g/mol. The van der Waals surface area contributed by atoms with Crippen molar-refractivity contribution in [3.8, 4) is 5.69 Å². The first kappa shape index (κ1) is 13.6. The number of halogens is 2. The number of aromatic nitrogens is 3. The van der Waals surface area contributed by atoms with E-state index in [1.807, 2.05) is 0 Å². The zero-order valence-electron chi connectivity index (χ0n) is 10.9. The maximum absolute atomic E-state index is 13.7. The molecule has 0 saturated heterocycles. The van der Waals surface area contributed by atoms with E-state index in [0.29, 0.717) is 18.2 Å². The van der Waals surface area contributed by atoms with Gasteiger partial charge in [0.05, 0.1) is 11.9 Å². The Balaban J connectivity index is 2.21. The maximum atomic E-state index is 13.7. The summed E-state index contributed by atoms with van der Waals surface area (Å²) in [4.78, 5) is 0. The molecular formula is C13H16F2N4. The summed E-state index contributed by atoms with van der Waals surface area (Å²) >= 11 is 0. The summed E-state index contributed by atoms with van der Waals surface area (Å²) in [6.07, 6.45) is 1.54. The van der Waals surface area contributed by atoms with E-state index in [2.05, 4.69) is 29.5 Å². The summed E-state index contributed by atoms with van der Waals surface area (Å²) in [5.41, 5.74) is 0.754. The van der Waals surface area contributed by atoms with Crippen molar-refractivity contribution in [3.63, 3.8) is 0 Å². The molecule has 0 aliphatic carbocycles. The molecule has 0 spiro atoms. The second kappa shape index (κ2) is 5.88. The number of nitrogens with zero attached hydrogens (tertiary/aromatic N) is 3. The molecule has 0 fully saturated rings. The normalized spacial score (nSPS) is 11.2. The Kier molecular flexibility index (Phi) is 4.21. The van der Waals surface area contributed by atoms with Crippen LogP contribution in [-0.2, 0) is 6.54 Å². The van der Waals surface area contributed by atoms with E-state index in [1.54, 1.807) is 0 Å². The third-order valence-electron chi connectivity index (χ3n) is 2.61. The molecular weight excluding hydrogens is 250 g/mol. The van der Waals surface area contributed by atoms with Crippen molar-refractivity contribution in [1.29, 1.82) is 0 Å². The van der Waals surface area contributed by atoms with Crippen molar-refractivity contribution in [3.05, 3.63) is 41.7 Å². The van der Waals surface area contributed by atoms with Crippen LogP contribution in [-0.4, -0.2) is 21.5 Å². The molecule has 1 heterocycles. The van der Waals surface area contributed by atoms with Crippen LogP contribution < -0.4 is 5.32 Å². The number of rotatable bonds is 5. The van der Waals surface area contributed by atoms with Crippen molar-refractivity contribution in [1.82, 2.24) is 20.3 Å². The Bertz CT molecular complexity index is 551. The van der Waals surface area contributed by atoms with Gasteiger partial charge in [0.15, 0.2) is 0 Å². The molecule has 0 aliphatic heterocycles. The standard InChI is InChI=1S/C13H16F2N4/c1-9(2)6-16-7-11-8-17-18-19(11)13-5-10(14)3-4-12(13)15/h3-5,8-9,16H,6-7H2,1-2H3. The zero-order valence-corrected chi connectivity index (χ0v) is 10.9. The fourth-order valence-electron chi connectivity index (χ4n) is 1.72. The molecule has 1 aromatic carbocycles. The van der Waals surface area contributed by atoms with Crippen LogP contribution in [0.15, 0.2) is 24.4 Å². The third kappa shape index (κ3) is 3.35. The second-order valence-electron chi connectivity index (χ2n) is 4.76. The second-order valence-corrected chi connectivity index (χ2v) is 4.76. The summed E-state index contributed by atoms with van der Waals surface area (Å²) in [5, 5.41) is 10.8. The van der Waals surface area contributed by atoms with E-state index >= 15 is 0 Å². The van der Waals surface area contributed by atoms with Gasteiger partial charge in [-0.05, 0) is 24.6 Å². The van der Waals surface area contributed by atoms with Crippen molar-refractivity contribution in [2.75, 3.05) is 6.54 Å². The number of hydrogen-bond donors (Lipinski definition) is 1. The van der Waals surface area contributed by atoms with Crippen LogP contribution in [0, 0.1) is 17.6 Å². The molecule has 2 aromatic rings. The zero-order chi connectivity index (χ0) is 13.8. The lowest BCUT2D eigenvalue weighted by molar-refractivity contribution is 0.537. The lowest BCUT2D eigenvalue weighted by Crippen LogP contribution is -2.21. The lowest BCUT2D eigenvalue weighted by atomic mass is 10.2. The first-order valence-corrected chi connectivity index (χ1v) is 6.13. The highest BCUT2D eigenvalue weighted by molar-refractivity contribution is 5.34. The highest BCUT2D eigenvalue weighted by atomic mass is 19.1. The fourth-order valence-corrected chi connectivity index (χ4v) is 1.72. The number of hydrogen-bond acceptors (Lipinski definition) is 3. The van der Waals surface area contributed by atoms with Crippen molar-refractivity contribution >= 4 is 0 Å². The summed E-state index contributed by atoms with van der Waals surface area (Å²) in [7, 11) is 0. The topological polar surface area (TPSA) is 42.7 Å². The molecule has 4 nitrogen and oxygen atoms in total. The molecule has 1 aromatic heterocycles. The third-order valence-corrected chi connectivity index (χ3v) is 2.61. The van der Waals surface area contributed by atoms with Gasteiger partial charge >= 0.3 is 0 Å². The van der Waals surface area contributed by atoms with Crippen molar-refractivity contribution in [2.24, 2.45) is 5.92 Å². The minimum Gasteiger partial charge on any atom is -0.311 e. The minimum absolute atomic E-state index is 0.0684. The van der Waals surface area contributed by atoms with Gasteiger partial charge in [0.25, 0.3) is 0 Å². The van der Waals surface area contributed by atoms with Crippen LogP contribution in [0.4, 0.5) is 8.78 Å². The molecule has 0 bridgehead atoms. The first-order valence-electron chi connectivity index (χ1n) is 6.13. The molecule has 0 saturated carbocycles. The van der Waals surface area contributed by atoms with Gasteiger partial charge in [-0.2, -0.15) is 0 Å². The molecule has 6 heteroatoms. The van der Waals surface area contributed by atoms with Gasteiger partial charge in [-0.3, -0.25) is 0 Å². The summed E-state index contributed by atoms with van der Waals surface area (Å²) in [6, 6.07) is 3.26. The Morgan fingerprint density at radius 2 is 2.11 bits per heavy atom. The minimum atomic E-state index is -0.531. The van der Waals surface area contributed by atoms with Crippen LogP contribution >= 0.6 is 0 Å². The molecule has 0 atom stereocenters. The van der Waals surface area contributed by atoms with Crippen LogP contribution in [0.1, 0.15) is 19.5 Å². The first-order chi connectivity index (χ1) is 9.08. The molecule has 0 aliphatic rings. The van der Waals surface area contributed by atoms with Gasteiger partial charge in [0.1, 0.15) is 17.3 Å². The van der Waals surface area contributed by atoms with Gasteiger partial charge in [-0.15, -0.1) is 5.10 Å². The Morgan fingerprint density at radius 3 is 2.84 bits per heavy atom. The van der Waals surface area contributed by atoms with Gasteiger partial charge in [0.2, 0.25) is 0 Å². The highest BCUT2D eigenvalue weighted by Gasteiger charge is 2.11. The smallest absolute Gasteiger partial charge is 0.149 e. The maximum Gasteiger partial charge on any atom is 0.149 e. The van der Waals surface area contributed by atoms with Crippen LogP contribution in [0.2, 0.25) is 0 Å². The van der Waals surface area contributed by atoms with Gasteiger partial charge in [-0.25, -0.2) is 13.5 Å². The van der Waals surface area contributed by atoms with E-state index < -0.39 is 11.6 Å². The van der Waals surface area contributed by atoms with E-state index in [0.717, 1.165) is 24.7 Å². The average Bonchev–Trinajstić information content (AvgIpc) is 2.80. The molecule has 0 amide bonds. The predicted octanol–water partition coefficient (Wildman–Crippen LogP) is 2.29. The van der Waals surface area contributed by atoms with Crippen molar-refractivity contribution in [2.45, 2.75) is 20.4 Å². The van der Waals surface area contributed by atoms with Crippen LogP contribution in [0.25, 0.3) is 5.69 Å². The molecule has 0 unspecified atom stereocenters. The van der Waals surface area contributed by atoms with E-state index in [1.165, 1.54) is 10.9 Å². The molecule has 2 rings (SSSR count). The van der Waals surface area contributed by atoms with Gasteiger partial charge < -0.3 is 5.32 Å². The molecule has 102 valence electrons. The van der Waals surface area contributed by atoms with Crippen LogP contribution in [0.3, 0.4) is 0 Å². The number of benzene rings is 1. The summed E-state index contributed by atoms with van der Waals surface area (Å²) in [5.74, 6) is -0.528. The van der Waals surface area contributed by atoms with Crippen LogP contribution in [0.5, 0.6) is 0 Å². The Labute approximate surface area is 110 Å². The summed E-state index contributed by atoms with van der Waals surface area (Å²) in [6.45, 7) is 5.52.